The van der Waals surface area contributed by atoms with Crippen LogP contribution >= 0.6 is 22.9 Å². The molecule has 0 aliphatic heterocycles. The van der Waals surface area contributed by atoms with Crippen LogP contribution in [0.2, 0.25) is 5.02 Å². The van der Waals surface area contributed by atoms with Crippen LogP contribution < -0.4 is 5.32 Å². The fourth-order valence-corrected chi connectivity index (χ4v) is 4.83. The first-order valence-electron chi connectivity index (χ1n) is 8.06. The molecule has 3 aromatic rings. The van der Waals surface area contributed by atoms with Gasteiger partial charge in [0, 0.05) is 17.8 Å². The number of carbonyl (C=O) groups is 1. The standard InChI is InChI=1S/C18H18ClN3O3S2/c1-11-4-5-13(19)8-16(11)21-18(23)10-22(3)27(24,25)14-6-7-15-17(9-14)26-12(2)20-15/h4-9H,10H2,1-3H3,(H,21,23). The lowest BCUT2D eigenvalue weighted by atomic mass is 10.2. The third-order valence-corrected chi connectivity index (χ3v) is 6.98. The number of hydrogen-bond acceptors (Lipinski definition) is 5. The monoisotopic (exact) mass is 423 g/mol. The van der Waals surface area contributed by atoms with Gasteiger partial charge in [-0.1, -0.05) is 17.7 Å². The molecule has 0 fully saturated rings. The maximum atomic E-state index is 12.8. The summed E-state index contributed by atoms with van der Waals surface area (Å²) in [4.78, 5) is 16.8. The van der Waals surface area contributed by atoms with E-state index in [9.17, 15) is 13.2 Å². The smallest absolute Gasteiger partial charge is 0.243 e. The van der Waals surface area contributed by atoms with E-state index in [1.54, 1.807) is 30.3 Å². The molecule has 9 heteroatoms. The molecule has 0 saturated heterocycles. The number of sulfonamides is 1. The Morgan fingerprint density at radius 1 is 1.22 bits per heavy atom. The first-order chi connectivity index (χ1) is 12.7. The highest BCUT2D eigenvalue weighted by Gasteiger charge is 2.24. The number of halogens is 1. The largest absolute Gasteiger partial charge is 0.325 e. The van der Waals surface area contributed by atoms with E-state index >= 15 is 0 Å². The van der Waals surface area contributed by atoms with Gasteiger partial charge in [0.25, 0.3) is 0 Å². The van der Waals surface area contributed by atoms with Crippen LogP contribution in [0.5, 0.6) is 0 Å². The minimum absolute atomic E-state index is 0.132. The summed E-state index contributed by atoms with van der Waals surface area (Å²) in [6, 6.07) is 9.90. The second kappa shape index (κ2) is 7.55. The average Bonchev–Trinajstić information content (AvgIpc) is 2.97. The van der Waals surface area contributed by atoms with Gasteiger partial charge in [0.05, 0.1) is 26.7 Å². The lowest BCUT2D eigenvalue weighted by molar-refractivity contribution is -0.116. The minimum Gasteiger partial charge on any atom is -0.325 e. The van der Waals surface area contributed by atoms with E-state index in [2.05, 4.69) is 10.3 Å². The van der Waals surface area contributed by atoms with E-state index in [1.807, 2.05) is 13.8 Å². The number of hydrogen-bond donors (Lipinski definition) is 1. The molecule has 0 atom stereocenters. The Morgan fingerprint density at radius 2 is 1.96 bits per heavy atom. The summed E-state index contributed by atoms with van der Waals surface area (Å²) in [5.41, 5.74) is 2.15. The molecule has 142 valence electrons. The highest BCUT2D eigenvalue weighted by molar-refractivity contribution is 7.89. The molecule has 0 aliphatic carbocycles. The summed E-state index contributed by atoms with van der Waals surface area (Å²) < 4.78 is 27.4. The number of rotatable bonds is 5. The van der Waals surface area contributed by atoms with Crippen molar-refractivity contribution in [2.45, 2.75) is 18.7 Å². The van der Waals surface area contributed by atoms with Gasteiger partial charge in [0.15, 0.2) is 0 Å². The topological polar surface area (TPSA) is 79.4 Å². The quantitative estimate of drug-likeness (QED) is 0.676. The lowest BCUT2D eigenvalue weighted by Crippen LogP contribution is -2.35. The van der Waals surface area contributed by atoms with Gasteiger partial charge in [-0.25, -0.2) is 13.4 Å². The van der Waals surface area contributed by atoms with Crippen LogP contribution in [-0.2, 0) is 14.8 Å². The predicted molar refractivity (Wildman–Crippen MR) is 109 cm³/mol. The molecule has 1 heterocycles. The Balaban J connectivity index is 1.77. The van der Waals surface area contributed by atoms with Gasteiger partial charge in [-0.3, -0.25) is 4.79 Å². The third-order valence-electron chi connectivity index (χ3n) is 4.01. The molecule has 0 aliphatic rings. The van der Waals surface area contributed by atoms with Gasteiger partial charge < -0.3 is 5.32 Å². The second-order valence-corrected chi connectivity index (χ2v) is 9.85. The second-order valence-electron chi connectivity index (χ2n) is 6.13. The first kappa shape index (κ1) is 19.8. The molecular weight excluding hydrogens is 406 g/mol. The number of carbonyl (C=O) groups excluding carboxylic acids is 1. The number of nitrogens with zero attached hydrogens (tertiary/aromatic N) is 2. The van der Waals surface area contributed by atoms with Crippen molar-refractivity contribution < 1.29 is 13.2 Å². The Labute approximate surface area is 166 Å². The van der Waals surface area contributed by atoms with E-state index < -0.39 is 15.9 Å². The van der Waals surface area contributed by atoms with E-state index in [0.717, 1.165) is 25.1 Å². The number of likely N-dealkylation sites (N-methyl/N-ethyl adjacent to an activating group) is 1. The molecule has 1 N–H and O–H groups in total. The summed E-state index contributed by atoms with van der Waals surface area (Å²) in [5.74, 6) is -0.443. The summed E-state index contributed by atoms with van der Waals surface area (Å²) in [6.45, 7) is 3.39. The minimum atomic E-state index is -3.80. The summed E-state index contributed by atoms with van der Waals surface area (Å²) in [7, 11) is -2.42. The number of fused-ring (bicyclic) bond motifs is 1. The van der Waals surface area contributed by atoms with Crippen LogP contribution in [0.3, 0.4) is 0 Å². The zero-order chi connectivity index (χ0) is 19.8. The van der Waals surface area contributed by atoms with E-state index in [0.29, 0.717) is 10.7 Å². The lowest BCUT2D eigenvalue weighted by Gasteiger charge is -2.17. The Morgan fingerprint density at radius 3 is 2.70 bits per heavy atom. The van der Waals surface area contributed by atoms with Crippen LogP contribution in [0, 0.1) is 13.8 Å². The van der Waals surface area contributed by atoms with Crippen molar-refractivity contribution in [1.29, 1.82) is 0 Å². The highest BCUT2D eigenvalue weighted by atomic mass is 35.5. The Bertz CT molecular complexity index is 1130. The van der Waals surface area contributed by atoms with Crippen LogP contribution in [0.25, 0.3) is 10.2 Å². The van der Waals surface area contributed by atoms with Gasteiger partial charge >= 0.3 is 0 Å². The molecule has 1 aromatic heterocycles. The van der Waals surface area contributed by atoms with Crippen molar-refractivity contribution >= 4 is 54.8 Å². The van der Waals surface area contributed by atoms with Crippen molar-refractivity contribution in [3.05, 3.63) is 52.0 Å². The average molecular weight is 424 g/mol. The molecule has 0 bridgehead atoms. The molecule has 2 aromatic carbocycles. The maximum Gasteiger partial charge on any atom is 0.243 e. The Kier molecular flexibility index (Phi) is 5.53. The van der Waals surface area contributed by atoms with E-state index in [1.165, 1.54) is 24.5 Å². The van der Waals surface area contributed by atoms with Crippen LogP contribution in [-0.4, -0.2) is 37.2 Å². The van der Waals surface area contributed by atoms with Crippen molar-refractivity contribution in [2.24, 2.45) is 0 Å². The number of aryl methyl sites for hydroxylation is 2. The number of anilines is 1. The summed E-state index contributed by atoms with van der Waals surface area (Å²) in [6.07, 6.45) is 0. The molecule has 0 unspecified atom stereocenters. The molecule has 0 spiro atoms. The molecule has 27 heavy (non-hydrogen) atoms. The molecule has 1 amide bonds. The fraction of sp³-hybridized carbons (Fsp3) is 0.222. The maximum absolute atomic E-state index is 12.8. The molecular formula is C18H18ClN3O3S2. The zero-order valence-electron chi connectivity index (χ0n) is 15.0. The van der Waals surface area contributed by atoms with Crippen molar-refractivity contribution in [2.75, 3.05) is 18.9 Å². The van der Waals surface area contributed by atoms with Gasteiger partial charge in [-0.2, -0.15) is 4.31 Å². The zero-order valence-corrected chi connectivity index (χ0v) is 17.4. The van der Waals surface area contributed by atoms with Crippen molar-refractivity contribution in [3.8, 4) is 0 Å². The number of amides is 1. The summed E-state index contributed by atoms with van der Waals surface area (Å²) in [5, 5.41) is 4.06. The van der Waals surface area contributed by atoms with Crippen molar-refractivity contribution in [3.63, 3.8) is 0 Å². The predicted octanol–water partition coefficient (Wildman–Crippen LogP) is 3.83. The van der Waals surface area contributed by atoms with Crippen LogP contribution in [0.1, 0.15) is 10.6 Å². The molecule has 0 radical (unpaired) electrons. The highest BCUT2D eigenvalue weighted by Crippen LogP contribution is 2.26. The van der Waals surface area contributed by atoms with E-state index in [-0.39, 0.29) is 11.4 Å². The van der Waals surface area contributed by atoms with E-state index in [4.69, 9.17) is 11.6 Å². The normalized spacial score (nSPS) is 11.9. The molecule has 0 saturated carbocycles. The summed E-state index contributed by atoms with van der Waals surface area (Å²) >= 11 is 7.37. The Hall–Kier alpha value is -2.00. The number of nitrogens with one attached hydrogen (secondary N) is 1. The fourth-order valence-electron chi connectivity index (χ4n) is 2.57. The molecule has 3 rings (SSSR count). The van der Waals surface area contributed by atoms with Gasteiger partial charge in [0.1, 0.15) is 0 Å². The third kappa shape index (κ3) is 4.30. The first-order valence-corrected chi connectivity index (χ1v) is 10.7. The van der Waals surface area contributed by atoms with Crippen LogP contribution in [0.15, 0.2) is 41.3 Å². The molecule has 6 nitrogen and oxygen atoms in total. The van der Waals surface area contributed by atoms with Gasteiger partial charge in [-0.05, 0) is 49.7 Å². The SMILES string of the molecule is Cc1nc2ccc(S(=O)(=O)N(C)CC(=O)Nc3cc(Cl)ccc3C)cc2s1. The van der Waals surface area contributed by atoms with Gasteiger partial charge in [0.2, 0.25) is 15.9 Å². The van der Waals surface area contributed by atoms with Crippen molar-refractivity contribution in [1.82, 2.24) is 9.29 Å². The number of aromatic nitrogens is 1. The van der Waals surface area contributed by atoms with Gasteiger partial charge in [-0.15, -0.1) is 11.3 Å². The number of benzene rings is 2. The number of thiazole rings is 1. The van der Waals surface area contributed by atoms with Crippen LogP contribution in [0.4, 0.5) is 5.69 Å².